The molecular weight excluding hydrogens is 306 g/mol. The standard InChI is InChI=1S/C18H17N3O3/c1-12(2)13-6-8-14(9-7-13)15-4-3-5-16(10-15)24-21-11-17(18(22)23)19-20-21/h3-12H,1-2H3,(H,22,23). The molecule has 3 aromatic rings. The lowest BCUT2D eigenvalue weighted by atomic mass is 9.99. The van der Waals surface area contributed by atoms with Crippen LogP contribution in [0.4, 0.5) is 0 Å². The van der Waals surface area contributed by atoms with Crippen LogP contribution in [0.3, 0.4) is 0 Å². The van der Waals surface area contributed by atoms with E-state index in [1.165, 1.54) is 11.8 Å². The third kappa shape index (κ3) is 3.43. The lowest BCUT2D eigenvalue weighted by molar-refractivity contribution is 0.0690. The summed E-state index contributed by atoms with van der Waals surface area (Å²) in [5.74, 6) is -0.115. The third-order valence-corrected chi connectivity index (χ3v) is 3.64. The number of carboxylic acids is 1. The van der Waals surface area contributed by atoms with Crippen molar-refractivity contribution in [3.8, 4) is 16.9 Å². The van der Waals surface area contributed by atoms with Gasteiger partial charge in [-0.05, 0) is 40.0 Å². The minimum Gasteiger partial charge on any atom is -0.476 e. The van der Waals surface area contributed by atoms with Crippen LogP contribution in [0, 0.1) is 0 Å². The van der Waals surface area contributed by atoms with Crippen molar-refractivity contribution < 1.29 is 14.7 Å². The highest BCUT2D eigenvalue weighted by atomic mass is 16.7. The highest BCUT2D eigenvalue weighted by Gasteiger charge is 2.09. The van der Waals surface area contributed by atoms with Crippen LogP contribution in [0.2, 0.25) is 0 Å². The van der Waals surface area contributed by atoms with Gasteiger partial charge in [-0.2, -0.15) is 0 Å². The molecule has 0 saturated heterocycles. The van der Waals surface area contributed by atoms with Gasteiger partial charge in [-0.1, -0.05) is 55.1 Å². The van der Waals surface area contributed by atoms with Crippen LogP contribution >= 0.6 is 0 Å². The number of nitrogens with zero attached hydrogens (tertiary/aromatic N) is 3. The van der Waals surface area contributed by atoms with Gasteiger partial charge in [0.15, 0.2) is 11.4 Å². The van der Waals surface area contributed by atoms with Gasteiger partial charge in [0.05, 0.1) is 0 Å². The van der Waals surface area contributed by atoms with Crippen LogP contribution in [-0.4, -0.2) is 26.2 Å². The topological polar surface area (TPSA) is 77.2 Å². The molecule has 0 spiro atoms. The van der Waals surface area contributed by atoms with Crippen LogP contribution in [0.5, 0.6) is 5.75 Å². The van der Waals surface area contributed by atoms with Gasteiger partial charge in [0.1, 0.15) is 6.20 Å². The molecule has 0 aliphatic heterocycles. The average Bonchev–Trinajstić information content (AvgIpc) is 3.04. The van der Waals surface area contributed by atoms with Crippen LogP contribution in [0.1, 0.15) is 35.8 Å². The van der Waals surface area contributed by atoms with Crippen molar-refractivity contribution in [1.82, 2.24) is 15.2 Å². The zero-order valence-corrected chi connectivity index (χ0v) is 13.4. The van der Waals surface area contributed by atoms with Crippen molar-refractivity contribution >= 4 is 5.97 Å². The Labute approximate surface area is 139 Å². The summed E-state index contributed by atoms with van der Waals surface area (Å²) in [7, 11) is 0. The van der Waals surface area contributed by atoms with Gasteiger partial charge in [0.2, 0.25) is 0 Å². The Balaban J connectivity index is 1.81. The highest BCUT2D eigenvalue weighted by molar-refractivity contribution is 5.84. The van der Waals surface area contributed by atoms with Crippen molar-refractivity contribution in [2.24, 2.45) is 0 Å². The first-order valence-electron chi connectivity index (χ1n) is 7.57. The SMILES string of the molecule is CC(C)c1ccc(-c2cccc(On3cc(C(=O)O)nn3)c2)cc1. The van der Waals surface area contributed by atoms with Gasteiger partial charge < -0.3 is 9.94 Å². The van der Waals surface area contributed by atoms with E-state index in [1.807, 2.05) is 18.2 Å². The second-order valence-electron chi connectivity index (χ2n) is 5.71. The van der Waals surface area contributed by atoms with E-state index >= 15 is 0 Å². The van der Waals surface area contributed by atoms with Gasteiger partial charge in [0, 0.05) is 0 Å². The minimum absolute atomic E-state index is 0.171. The monoisotopic (exact) mass is 323 g/mol. The Morgan fingerprint density at radius 2 is 1.88 bits per heavy atom. The summed E-state index contributed by atoms with van der Waals surface area (Å²) >= 11 is 0. The molecule has 0 bridgehead atoms. The van der Waals surface area contributed by atoms with E-state index in [2.05, 4.69) is 48.4 Å². The molecule has 1 heterocycles. The number of carboxylic acid groups (broad SMARTS) is 1. The number of hydrogen-bond donors (Lipinski definition) is 1. The van der Waals surface area contributed by atoms with Crippen LogP contribution in [0.25, 0.3) is 11.1 Å². The summed E-state index contributed by atoms with van der Waals surface area (Å²) in [6, 6.07) is 15.9. The van der Waals surface area contributed by atoms with E-state index in [4.69, 9.17) is 9.94 Å². The number of aromatic nitrogens is 3. The fourth-order valence-corrected chi connectivity index (χ4v) is 2.29. The van der Waals surface area contributed by atoms with Crippen LogP contribution in [-0.2, 0) is 0 Å². The van der Waals surface area contributed by atoms with E-state index in [-0.39, 0.29) is 5.69 Å². The Morgan fingerprint density at radius 1 is 1.12 bits per heavy atom. The molecule has 0 aliphatic carbocycles. The molecule has 0 unspecified atom stereocenters. The molecule has 122 valence electrons. The average molecular weight is 323 g/mol. The molecule has 24 heavy (non-hydrogen) atoms. The fraction of sp³-hybridized carbons (Fsp3) is 0.167. The first-order valence-corrected chi connectivity index (χ1v) is 7.57. The normalized spacial score (nSPS) is 10.8. The summed E-state index contributed by atoms with van der Waals surface area (Å²) in [5, 5.41) is 16.0. The molecule has 1 aromatic heterocycles. The number of aromatic carboxylic acids is 1. The zero-order valence-electron chi connectivity index (χ0n) is 13.4. The molecule has 1 N–H and O–H groups in total. The van der Waals surface area contributed by atoms with Crippen molar-refractivity contribution in [3.63, 3.8) is 0 Å². The molecule has 0 atom stereocenters. The zero-order chi connectivity index (χ0) is 17.1. The van der Waals surface area contributed by atoms with Gasteiger partial charge in [0.25, 0.3) is 0 Å². The summed E-state index contributed by atoms with van der Waals surface area (Å²) in [6.07, 6.45) is 1.21. The summed E-state index contributed by atoms with van der Waals surface area (Å²) in [4.78, 5) is 17.4. The lowest BCUT2D eigenvalue weighted by Gasteiger charge is -2.09. The predicted octanol–water partition coefficient (Wildman–Crippen LogP) is 3.61. The maximum atomic E-state index is 10.8. The van der Waals surface area contributed by atoms with E-state index in [0.717, 1.165) is 16.0 Å². The summed E-state index contributed by atoms with van der Waals surface area (Å²) in [6.45, 7) is 4.32. The van der Waals surface area contributed by atoms with E-state index in [1.54, 1.807) is 6.07 Å². The molecular formula is C18H17N3O3. The molecule has 2 aromatic carbocycles. The largest absolute Gasteiger partial charge is 0.476 e. The van der Waals surface area contributed by atoms with Gasteiger partial charge in [-0.15, -0.1) is 5.10 Å². The number of carbonyl (C=O) groups is 1. The van der Waals surface area contributed by atoms with E-state index in [9.17, 15) is 4.79 Å². The predicted molar refractivity (Wildman–Crippen MR) is 89.0 cm³/mol. The Kier molecular flexibility index (Phi) is 4.29. The second-order valence-corrected chi connectivity index (χ2v) is 5.71. The molecule has 6 nitrogen and oxygen atoms in total. The van der Waals surface area contributed by atoms with Gasteiger partial charge in [-0.25, -0.2) is 4.79 Å². The van der Waals surface area contributed by atoms with Gasteiger partial charge in [-0.3, -0.25) is 0 Å². The first kappa shape index (κ1) is 15.7. The smallest absolute Gasteiger partial charge is 0.358 e. The molecule has 0 amide bonds. The van der Waals surface area contributed by atoms with Crippen LogP contribution in [0.15, 0.2) is 54.7 Å². The molecule has 0 aliphatic rings. The van der Waals surface area contributed by atoms with E-state index < -0.39 is 5.97 Å². The summed E-state index contributed by atoms with van der Waals surface area (Å²) in [5.41, 5.74) is 3.20. The molecule has 3 rings (SSSR count). The third-order valence-electron chi connectivity index (χ3n) is 3.64. The Hall–Kier alpha value is -3.15. The highest BCUT2D eigenvalue weighted by Crippen LogP contribution is 2.26. The molecule has 0 radical (unpaired) electrons. The van der Waals surface area contributed by atoms with Crippen molar-refractivity contribution in [2.75, 3.05) is 0 Å². The fourth-order valence-electron chi connectivity index (χ4n) is 2.29. The maximum absolute atomic E-state index is 10.8. The minimum atomic E-state index is -1.15. The Bertz CT molecular complexity index is 854. The molecule has 0 fully saturated rings. The van der Waals surface area contributed by atoms with Crippen molar-refractivity contribution in [2.45, 2.75) is 19.8 Å². The quantitative estimate of drug-likeness (QED) is 0.776. The first-order chi connectivity index (χ1) is 11.5. The van der Waals surface area contributed by atoms with Crippen molar-refractivity contribution in [1.29, 1.82) is 0 Å². The number of hydrogen-bond acceptors (Lipinski definition) is 4. The van der Waals surface area contributed by atoms with Crippen LogP contribution < -0.4 is 4.84 Å². The number of benzene rings is 2. The second kappa shape index (κ2) is 6.54. The summed E-state index contributed by atoms with van der Waals surface area (Å²) < 4.78 is 0. The van der Waals surface area contributed by atoms with E-state index in [0.29, 0.717) is 11.7 Å². The van der Waals surface area contributed by atoms with Gasteiger partial charge >= 0.3 is 5.97 Å². The Morgan fingerprint density at radius 3 is 2.50 bits per heavy atom. The molecule has 6 heteroatoms. The molecule has 0 saturated carbocycles. The lowest BCUT2D eigenvalue weighted by Crippen LogP contribution is -2.05. The van der Waals surface area contributed by atoms with Crippen molar-refractivity contribution in [3.05, 3.63) is 66.0 Å². The maximum Gasteiger partial charge on any atom is 0.358 e. The number of rotatable bonds is 5.